The van der Waals surface area contributed by atoms with Crippen LogP contribution >= 0.6 is 7.82 Å². The van der Waals surface area contributed by atoms with Crippen LogP contribution in [0.3, 0.4) is 0 Å². The van der Waals surface area contributed by atoms with Crippen LogP contribution in [0.4, 0.5) is 4.39 Å². The number of esters is 1. The molecule has 0 bridgehead atoms. The predicted molar refractivity (Wildman–Crippen MR) is 199 cm³/mol. The number of aromatic amines is 1. The number of nitrogens with one attached hydrogen (secondary N) is 1. The molecule has 1 saturated heterocycles. The number of carbonyl (C=O) groups is 1. The fraction of sp³-hybridized carbons (Fsp3) is 0.474. The molecule has 7 rings (SSSR count). The second kappa shape index (κ2) is 16.1. The highest BCUT2D eigenvalue weighted by molar-refractivity contribution is 7.47. The molecule has 54 heavy (non-hydrogen) atoms. The molecule has 288 valence electrons. The van der Waals surface area contributed by atoms with E-state index in [0.29, 0.717) is 66.8 Å². The van der Waals surface area contributed by atoms with Crippen molar-refractivity contribution >= 4 is 35.7 Å². The molecule has 5 heterocycles. The predicted octanol–water partition coefficient (Wildman–Crippen LogP) is 5.80. The number of likely N-dealkylation sites (N-methyl/N-ethyl adjacent to an activating group) is 1. The molecule has 0 saturated carbocycles. The molecule has 0 radical (unpaired) electrons. The number of piperidine rings is 1. The maximum absolute atomic E-state index is 13.7. The zero-order chi connectivity index (χ0) is 38.0. The highest BCUT2D eigenvalue weighted by Gasteiger charge is 2.31. The van der Waals surface area contributed by atoms with Gasteiger partial charge in [0.15, 0.2) is 17.5 Å². The van der Waals surface area contributed by atoms with Gasteiger partial charge in [0, 0.05) is 65.4 Å². The molecular weight excluding hydrogens is 718 g/mol. The van der Waals surface area contributed by atoms with Crippen LogP contribution in [0.15, 0.2) is 51.9 Å². The van der Waals surface area contributed by atoms with Crippen molar-refractivity contribution in [2.24, 2.45) is 0 Å². The number of fused-ring (bicyclic) bond motifs is 3. The molecule has 0 aliphatic carbocycles. The van der Waals surface area contributed by atoms with E-state index in [-0.39, 0.29) is 29.5 Å². The van der Waals surface area contributed by atoms with Crippen molar-refractivity contribution in [1.29, 1.82) is 0 Å². The zero-order valence-electron chi connectivity index (χ0n) is 30.8. The number of phosphoric ester groups is 1. The summed E-state index contributed by atoms with van der Waals surface area (Å²) in [6.45, 7) is 5.02. The number of aryl methyl sites for hydroxylation is 1. The summed E-state index contributed by atoms with van der Waals surface area (Å²) in [4.78, 5) is 49.4. The molecular formula is C38H46FN6O8P. The third-order valence-corrected chi connectivity index (χ3v) is 11.3. The summed E-state index contributed by atoms with van der Waals surface area (Å²) in [6, 6.07) is 9.69. The van der Waals surface area contributed by atoms with E-state index in [1.807, 2.05) is 38.2 Å². The SMILES string of the molecule is Cc1nc2n(c(=O)c1CCN1CCC(c3noc4cc(F)ccc34)CC1)CCCC2OC(=O)CCOP(=O)(O)Oc1cccc2[nH]cc(CCN(C)C)c12. The van der Waals surface area contributed by atoms with Gasteiger partial charge in [-0.15, -0.1) is 0 Å². The normalized spacial score (nSPS) is 17.9. The van der Waals surface area contributed by atoms with Crippen LogP contribution in [0, 0.1) is 12.7 Å². The average molecular weight is 765 g/mol. The lowest BCUT2D eigenvalue weighted by Gasteiger charge is -2.31. The lowest BCUT2D eigenvalue weighted by Crippen LogP contribution is -2.38. The van der Waals surface area contributed by atoms with Gasteiger partial charge in [0.2, 0.25) is 0 Å². The largest absolute Gasteiger partial charge is 0.527 e. The molecule has 0 amide bonds. The molecule has 3 aromatic heterocycles. The van der Waals surface area contributed by atoms with Crippen molar-refractivity contribution in [3.8, 4) is 5.75 Å². The van der Waals surface area contributed by atoms with Crippen LogP contribution in [0.2, 0.25) is 0 Å². The zero-order valence-corrected chi connectivity index (χ0v) is 31.6. The summed E-state index contributed by atoms with van der Waals surface area (Å²) in [7, 11) is -0.637. The number of hydrogen-bond acceptors (Lipinski definition) is 11. The molecule has 2 aliphatic rings. The van der Waals surface area contributed by atoms with E-state index >= 15 is 0 Å². The summed E-state index contributed by atoms with van der Waals surface area (Å²) >= 11 is 0. The number of aromatic nitrogens is 4. The van der Waals surface area contributed by atoms with Gasteiger partial charge in [-0.3, -0.25) is 23.6 Å². The van der Waals surface area contributed by atoms with Crippen LogP contribution in [0.25, 0.3) is 21.9 Å². The molecule has 2 unspecified atom stereocenters. The van der Waals surface area contributed by atoms with E-state index in [9.17, 15) is 23.4 Å². The standard InChI is InChI=1S/C38H46FN6O8P/c1-24-28(14-20-44-18-12-25(13-19-44)36-29-10-9-27(39)22-33(29)52-42-36)38(47)45-16-5-8-32(37(45)41-24)51-34(46)15-21-50-54(48,49)53-31-7-4-6-30-35(31)26(23-40-30)11-17-43(2)3/h4,6-7,9-10,22-23,25,32,40H,5,8,11-21H2,1-3H3,(H,48,49). The van der Waals surface area contributed by atoms with E-state index in [1.54, 1.807) is 22.8 Å². The lowest BCUT2D eigenvalue weighted by molar-refractivity contribution is -0.151. The summed E-state index contributed by atoms with van der Waals surface area (Å²) in [5.74, 6) is -0.158. The first-order valence-corrected chi connectivity index (χ1v) is 19.9. The highest BCUT2D eigenvalue weighted by atomic mass is 31.2. The Balaban J connectivity index is 0.913. The number of benzene rings is 2. The summed E-state index contributed by atoms with van der Waals surface area (Å²) in [5.41, 5.74) is 4.16. The maximum atomic E-state index is 13.7. The quantitative estimate of drug-likeness (QED) is 0.103. The van der Waals surface area contributed by atoms with Crippen LogP contribution in [-0.4, -0.2) is 87.2 Å². The minimum atomic E-state index is -4.58. The van der Waals surface area contributed by atoms with Gasteiger partial charge in [-0.1, -0.05) is 11.2 Å². The Morgan fingerprint density at radius 3 is 2.76 bits per heavy atom. The number of carbonyl (C=O) groups excluding carboxylic acids is 1. The number of likely N-dealkylation sites (tertiary alicyclic amines) is 1. The Kier molecular flexibility index (Phi) is 11.3. The summed E-state index contributed by atoms with van der Waals surface area (Å²) < 4.78 is 49.9. The van der Waals surface area contributed by atoms with Crippen LogP contribution in [0.5, 0.6) is 5.75 Å². The first kappa shape index (κ1) is 37.9. The monoisotopic (exact) mass is 764 g/mol. The van der Waals surface area contributed by atoms with E-state index in [0.717, 1.165) is 54.6 Å². The number of hydrogen-bond donors (Lipinski definition) is 2. The smallest absolute Gasteiger partial charge is 0.454 e. The number of H-pyrrole nitrogens is 1. The Labute approximate surface area is 311 Å². The molecule has 2 atom stereocenters. The van der Waals surface area contributed by atoms with Gasteiger partial charge in [-0.05, 0) is 102 Å². The summed E-state index contributed by atoms with van der Waals surface area (Å²) in [6.07, 6.45) is 4.97. The molecule has 2 aliphatic heterocycles. The number of halogens is 1. The van der Waals surface area contributed by atoms with Gasteiger partial charge in [0.25, 0.3) is 5.56 Å². The fourth-order valence-corrected chi connectivity index (χ4v) is 8.30. The average Bonchev–Trinajstić information content (AvgIpc) is 3.75. The maximum Gasteiger partial charge on any atom is 0.527 e. The first-order chi connectivity index (χ1) is 26.0. The molecule has 0 spiro atoms. The molecule has 2 N–H and O–H groups in total. The number of nitrogens with zero attached hydrogens (tertiary/aromatic N) is 5. The number of rotatable bonds is 14. The minimum Gasteiger partial charge on any atom is -0.454 e. The minimum absolute atomic E-state index is 0.126. The Morgan fingerprint density at radius 2 is 1.96 bits per heavy atom. The second-order valence-corrected chi connectivity index (χ2v) is 15.8. The van der Waals surface area contributed by atoms with E-state index in [1.165, 1.54) is 12.1 Å². The third kappa shape index (κ3) is 8.45. The van der Waals surface area contributed by atoms with Gasteiger partial charge < -0.3 is 28.6 Å². The van der Waals surface area contributed by atoms with Crippen LogP contribution in [0.1, 0.15) is 72.5 Å². The molecule has 14 nitrogen and oxygen atoms in total. The Morgan fingerprint density at radius 1 is 1.15 bits per heavy atom. The van der Waals surface area contributed by atoms with Gasteiger partial charge >= 0.3 is 13.8 Å². The molecule has 5 aromatic rings. The molecule has 1 fully saturated rings. The van der Waals surface area contributed by atoms with Crippen molar-refractivity contribution in [2.45, 2.75) is 70.4 Å². The van der Waals surface area contributed by atoms with Crippen LogP contribution in [-0.2, 0) is 38.0 Å². The van der Waals surface area contributed by atoms with E-state index < -0.39 is 26.5 Å². The van der Waals surface area contributed by atoms with Crippen molar-refractivity contribution in [3.05, 3.63) is 87.1 Å². The molecule has 16 heteroatoms. The second-order valence-electron chi connectivity index (χ2n) is 14.4. The van der Waals surface area contributed by atoms with Gasteiger partial charge in [0.1, 0.15) is 11.6 Å². The Hall–Kier alpha value is -4.40. The van der Waals surface area contributed by atoms with Gasteiger partial charge in [-0.25, -0.2) is 13.9 Å². The highest BCUT2D eigenvalue weighted by Crippen LogP contribution is 2.46. The van der Waals surface area contributed by atoms with Crippen molar-refractivity contribution in [1.82, 2.24) is 29.5 Å². The van der Waals surface area contributed by atoms with E-state index in [2.05, 4.69) is 15.0 Å². The third-order valence-electron chi connectivity index (χ3n) is 10.4. The fourth-order valence-electron chi connectivity index (χ4n) is 7.52. The number of ether oxygens (including phenoxy) is 1. The van der Waals surface area contributed by atoms with Crippen molar-refractivity contribution in [3.63, 3.8) is 0 Å². The summed E-state index contributed by atoms with van der Waals surface area (Å²) in [5, 5.41) is 5.80. The lowest BCUT2D eigenvalue weighted by atomic mass is 9.91. The number of phosphoric acid groups is 1. The first-order valence-electron chi connectivity index (χ1n) is 18.4. The van der Waals surface area contributed by atoms with Crippen molar-refractivity contribution < 1.29 is 37.0 Å². The van der Waals surface area contributed by atoms with Crippen molar-refractivity contribution in [2.75, 3.05) is 46.9 Å². The van der Waals surface area contributed by atoms with Gasteiger partial charge in [0.05, 0.1) is 18.7 Å². The Bertz CT molecular complexity index is 2240. The molecule has 2 aromatic carbocycles. The van der Waals surface area contributed by atoms with Crippen LogP contribution < -0.4 is 10.1 Å². The topological polar surface area (TPSA) is 165 Å². The van der Waals surface area contributed by atoms with E-state index in [4.69, 9.17) is 23.3 Å². The van der Waals surface area contributed by atoms with Gasteiger partial charge in [-0.2, -0.15) is 0 Å².